The third-order valence-corrected chi connectivity index (χ3v) is 4.24. The Morgan fingerprint density at radius 3 is 2.27 bits per heavy atom. The number of ether oxygens (including phenoxy) is 1. The molecule has 2 heterocycles. The van der Waals surface area contributed by atoms with Crippen molar-refractivity contribution in [3.63, 3.8) is 0 Å². The first kappa shape index (κ1) is 16.2. The summed E-state index contributed by atoms with van der Waals surface area (Å²) in [6, 6.07) is 18.3. The Morgan fingerprint density at radius 1 is 0.846 bits per heavy atom. The summed E-state index contributed by atoms with van der Waals surface area (Å²) in [6.45, 7) is 2.42. The molecule has 0 N–H and O–H groups in total. The maximum atomic E-state index is 13.5. The van der Waals surface area contributed by atoms with Gasteiger partial charge in [0.25, 0.3) is 0 Å². The molecule has 0 aliphatic heterocycles. The van der Waals surface area contributed by atoms with Crippen LogP contribution in [-0.4, -0.2) is 16.6 Å². The van der Waals surface area contributed by atoms with Crippen LogP contribution >= 0.6 is 0 Å². The Morgan fingerprint density at radius 2 is 1.54 bits per heavy atom. The van der Waals surface area contributed by atoms with E-state index < -0.39 is 0 Å². The second-order valence-electron chi connectivity index (χ2n) is 5.86. The minimum absolute atomic E-state index is 0.272. The molecule has 0 spiro atoms. The minimum Gasteiger partial charge on any atom is -0.477 e. The van der Waals surface area contributed by atoms with E-state index in [-0.39, 0.29) is 5.82 Å². The first-order valence-electron chi connectivity index (χ1n) is 8.50. The van der Waals surface area contributed by atoms with Gasteiger partial charge < -0.3 is 4.74 Å². The highest BCUT2D eigenvalue weighted by atomic mass is 19.1. The van der Waals surface area contributed by atoms with Gasteiger partial charge in [0.1, 0.15) is 5.82 Å². The number of para-hydroxylation sites is 1. The van der Waals surface area contributed by atoms with Crippen LogP contribution in [0.25, 0.3) is 33.2 Å². The summed E-state index contributed by atoms with van der Waals surface area (Å²) in [5.41, 5.74) is 4.59. The van der Waals surface area contributed by atoms with Crippen molar-refractivity contribution in [2.75, 3.05) is 6.61 Å². The number of aromatic nitrogens is 2. The summed E-state index contributed by atoms with van der Waals surface area (Å²) in [4.78, 5) is 8.85. The number of halogens is 1. The first-order chi connectivity index (χ1) is 12.8. The molecule has 0 bridgehead atoms. The predicted octanol–water partition coefficient (Wildman–Crippen LogP) is 5.50. The molecule has 128 valence electrons. The maximum Gasteiger partial charge on any atom is 0.222 e. The normalized spacial score (nSPS) is 10.8. The lowest BCUT2D eigenvalue weighted by Crippen LogP contribution is -2.00. The van der Waals surface area contributed by atoms with Gasteiger partial charge >= 0.3 is 0 Å². The fourth-order valence-electron chi connectivity index (χ4n) is 3.13. The zero-order valence-electron chi connectivity index (χ0n) is 14.3. The van der Waals surface area contributed by atoms with Crippen molar-refractivity contribution in [1.29, 1.82) is 0 Å². The zero-order chi connectivity index (χ0) is 17.9. The average Bonchev–Trinajstić information content (AvgIpc) is 2.69. The maximum absolute atomic E-state index is 13.5. The van der Waals surface area contributed by atoms with Crippen molar-refractivity contribution in [2.45, 2.75) is 6.92 Å². The number of hydrogen-bond acceptors (Lipinski definition) is 3. The van der Waals surface area contributed by atoms with Gasteiger partial charge in [-0.2, -0.15) is 0 Å². The van der Waals surface area contributed by atoms with Crippen LogP contribution in [0.3, 0.4) is 0 Å². The van der Waals surface area contributed by atoms with Crippen LogP contribution in [0.2, 0.25) is 0 Å². The summed E-state index contributed by atoms with van der Waals surface area (Å²) in [6.07, 6.45) is 3.53. The van der Waals surface area contributed by atoms with Crippen molar-refractivity contribution in [3.05, 3.63) is 78.9 Å². The van der Waals surface area contributed by atoms with Gasteiger partial charge in [0.15, 0.2) is 0 Å². The highest BCUT2D eigenvalue weighted by Gasteiger charge is 2.19. The van der Waals surface area contributed by atoms with Crippen LogP contribution in [0.4, 0.5) is 4.39 Å². The van der Waals surface area contributed by atoms with Crippen LogP contribution in [-0.2, 0) is 0 Å². The van der Waals surface area contributed by atoms with Gasteiger partial charge in [-0.1, -0.05) is 30.3 Å². The van der Waals surface area contributed by atoms with E-state index in [1.807, 2.05) is 43.3 Å². The fraction of sp³-hybridized carbons (Fsp3) is 0.0909. The van der Waals surface area contributed by atoms with E-state index in [4.69, 9.17) is 9.72 Å². The summed E-state index contributed by atoms with van der Waals surface area (Å²) in [5.74, 6) is 0.274. The van der Waals surface area contributed by atoms with Gasteiger partial charge in [-0.3, -0.25) is 4.98 Å². The molecule has 26 heavy (non-hydrogen) atoms. The van der Waals surface area contributed by atoms with Crippen molar-refractivity contribution in [3.8, 4) is 28.1 Å². The van der Waals surface area contributed by atoms with E-state index >= 15 is 0 Å². The Bertz CT molecular complexity index is 1050. The van der Waals surface area contributed by atoms with E-state index in [1.54, 1.807) is 24.5 Å². The fourth-order valence-corrected chi connectivity index (χ4v) is 3.13. The van der Waals surface area contributed by atoms with Crippen molar-refractivity contribution in [1.82, 2.24) is 9.97 Å². The van der Waals surface area contributed by atoms with Crippen molar-refractivity contribution >= 4 is 10.9 Å². The Labute approximate surface area is 151 Å². The lowest BCUT2D eigenvalue weighted by molar-refractivity contribution is 0.330. The molecule has 0 atom stereocenters. The first-order valence-corrected chi connectivity index (χ1v) is 8.50. The van der Waals surface area contributed by atoms with Crippen LogP contribution in [0.5, 0.6) is 5.88 Å². The quantitative estimate of drug-likeness (QED) is 0.490. The number of benzene rings is 2. The monoisotopic (exact) mass is 344 g/mol. The third-order valence-electron chi connectivity index (χ3n) is 4.24. The topological polar surface area (TPSA) is 35.0 Å². The molecular formula is C22H17FN2O. The molecule has 4 rings (SSSR count). The highest BCUT2D eigenvalue weighted by molar-refractivity contribution is 6.04. The molecule has 0 unspecified atom stereocenters. The number of nitrogens with zero attached hydrogens (tertiary/aromatic N) is 2. The Hall–Kier alpha value is -3.27. The average molecular weight is 344 g/mol. The largest absolute Gasteiger partial charge is 0.477 e. The van der Waals surface area contributed by atoms with Crippen LogP contribution < -0.4 is 4.74 Å². The lowest BCUT2D eigenvalue weighted by Gasteiger charge is -2.17. The molecule has 2 aromatic carbocycles. The number of pyridine rings is 2. The molecular weight excluding hydrogens is 327 g/mol. The smallest absolute Gasteiger partial charge is 0.222 e. The summed E-state index contributed by atoms with van der Waals surface area (Å²) in [5, 5.41) is 1.02. The summed E-state index contributed by atoms with van der Waals surface area (Å²) >= 11 is 0. The molecule has 4 aromatic rings. The molecule has 4 heteroatoms. The standard InChI is InChI=1S/C22H17FN2O/c1-2-26-22-21(15-7-9-17(23)10-8-15)20(16-11-13-24-14-12-16)18-5-3-4-6-19(18)25-22/h3-14H,2H2,1H3. The van der Waals surface area contributed by atoms with E-state index in [9.17, 15) is 4.39 Å². The van der Waals surface area contributed by atoms with Crippen molar-refractivity contribution < 1.29 is 9.13 Å². The zero-order valence-corrected chi connectivity index (χ0v) is 14.3. The Balaban J connectivity index is 2.12. The molecule has 0 fully saturated rings. The predicted molar refractivity (Wildman–Crippen MR) is 102 cm³/mol. The van der Waals surface area contributed by atoms with E-state index in [2.05, 4.69) is 4.98 Å². The van der Waals surface area contributed by atoms with E-state index in [0.29, 0.717) is 12.5 Å². The van der Waals surface area contributed by atoms with Gasteiger partial charge in [-0.25, -0.2) is 9.37 Å². The van der Waals surface area contributed by atoms with Gasteiger partial charge in [-0.05, 0) is 48.4 Å². The van der Waals surface area contributed by atoms with Gasteiger partial charge in [0.05, 0.1) is 17.7 Å². The van der Waals surface area contributed by atoms with Gasteiger partial charge in [-0.15, -0.1) is 0 Å². The van der Waals surface area contributed by atoms with E-state index in [0.717, 1.165) is 33.2 Å². The summed E-state index contributed by atoms with van der Waals surface area (Å²) < 4.78 is 19.3. The molecule has 0 amide bonds. The molecule has 0 saturated heterocycles. The molecule has 0 saturated carbocycles. The molecule has 0 aliphatic rings. The molecule has 0 radical (unpaired) electrons. The number of hydrogen-bond donors (Lipinski definition) is 0. The molecule has 0 aliphatic carbocycles. The lowest BCUT2D eigenvalue weighted by atomic mass is 9.92. The van der Waals surface area contributed by atoms with Crippen LogP contribution in [0.15, 0.2) is 73.1 Å². The number of rotatable bonds is 4. The summed E-state index contributed by atoms with van der Waals surface area (Å²) in [7, 11) is 0. The molecule has 3 nitrogen and oxygen atoms in total. The third kappa shape index (κ3) is 2.90. The highest BCUT2D eigenvalue weighted by Crippen LogP contribution is 2.42. The van der Waals surface area contributed by atoms with Crippen LogP contribution in [0.1, 0.15) is 6.92 Å². The second kappa shape index (κ2) is 6.92. The second-order valence-corrected chi connectivity index (χ2v) is 5.86. The SMILES string of the molecule is CCOc1nc2ccccc2c(-c2ccncc2)c1-c1ccc(F)cc1. The van der Waals surface area contributed by atoms with Crippen LogP contribution in [0, 0.1) is 5.82 Å². The van der Waals surface area contributed by atoms with E-state index in [1.165, 1.54) is 12.1 Å². The minimum atomic E-state index is -0.272. The van der Waals surface area contributed by atoms with Gasteiger partial charge in [0.2, 0.25) is 5.88 Å². The van der Waals surface area contributed by atoms with Crippen molar-refractivity contribution in [2.24, 2.45) is 0 Å². The Kier molecular flexibility index (Phi) is 4.32. The number of fused-ring (bicyclic) bond motifs is 1. The van der Waals surface area contributed by atoms with Gasteiger partial charge in [0, 0.05) is 23.3 Å². The molecule has 2 aromatic heterocycles.